The smallest absolute Gasteiger partial charge is 0.132 e. The SMILES string of the molecule is C/C=C/C=C/C(O)CC(C)=O. The lowest BCUT2D eigenvalue weighted by atomic mass is 10.2. The highest BCUT2D eigenvalue weighted by molar-refractivity contribution is 5.76. The lowest BCUT2D eigenvalue weighted by Gasteiger charge is -1.99. The molecule has 1 N–H and O–H groups in total. The van der Waals surface area contributed by atoms with E-state index in [0.717, 1.165) is 0 Å². The lowest BCUT2D eigenvalue weighted by molar-refractivity contribution is -0.118. The molecule has 0 spiro atoms. The minimum absolute atomic E-state index is 0.00243. The van der Waals surface area contributed by atoms with Crippen molar-refractivity contribution >= 4 is 5.78 Å². The van der Waals surface area contributed by atoms with Gasteiger partial charge in [0.05, 0.1) is 6.10 Å². The van der Waals surface area contributed by atoms with E-state index < -0.39 is 6.10 Å². The summed E-state index contributed by atoms with van der Waals surface area (Å²) < 4.78 is 0. The average molecular weight is 154 g/mol. The van der Waals surface area contributed by atoms with Crippen LogP contribution in [-0.4, -0.2) is 17.0 Å². The van der Waals surface area contributed by atoms with Crippen molar-refractivity contribution in [2.75, 3.05) is 0 Å². The van der Waals surface area contributed by atoms with Gasteiger partial charge in [0.15, 0.2) is 0 Å². The second kappa shape index (κ2) is 5.86. The van der Waals surface area contributed by atoms with Crippen molar-refractivity contribution in [3.05, 3.63) is 24.3 Å². The molecule has 0 saturated heterocycles. The van der Waals surface area contributed by atoms with Crippen molar-refractivity contribution in [1.82, 2.24) is 0 Å². The first kappa shape index (κ1) is 10.1. The number of aliphatic hydroxyl groups excluding tert-OH is 1. The molecule has 0 aliphatic rings. The van der Waals surface area contributed by atoms with Crippen LogP contribution >= 0.6 is 0 Å². The maximum Gasteiger partial charge on any atom is 0.132 e. The van der Waals surface area contributed by atoms with E-state index in [1.165, 1.54) is 6.92 Å². The Morgan fingerprint density at radius 3 is 2.64 bits per heavy atom. The molecule has 0 amide bonds. The third-order valence-electron chi connectivity index (χ3n) is 1.13. The number of carbonyl (C=O) groups excluding carboxylic acids is 1. The third kappa shape index (κ3) is 7.00. The molecular weight excluding hydrogens is 140 g/mol. The van der Waals surface area contributed by atoms with Crippen LogP contribution in [0.3, 0.4) is 0 Å². The largest absolute Gasteiger partial charge is 0.389 e. The fraction of sp³-hybridized carbons (Fsp3) is 0.444. The topological polar surface area (TPSA) is 37.3 Å². The number of Topliss-reactive ketones (excluding diaryl/α,β-unsaturated/α-hetero) is 1. The minimum atomic E-state index is -0.635. The van der Waals surface area contributed by atoms with Gasteiger partial charge >= 0.3 is 0 Å². The van der Waals surface area contributed by atoms with Crippen molar-refractivity contribution in [2.45, 2.75) is 26.4 Å². The lowest BCUT2D eigenvalue weighted by Crippen LogP contribution is -2.07. The Morgan fingerprint density at radius 2 is 2.18 bits per heavy atom. The highest BCUT2D eigenvalue weighted by atomic mass is 16.3. The summed E-state index contributed by atoms with van der Waals surface area (Å²) in [6, 6.07) is 0. The summed E-state index contributed by atoms with van der Waals surface area (Å²) in [7, 11) is 0. The second-order valence-electron chi connectivity index (χ2n) is 2.38. The van der Waals surface area contributed by atoms with Crippen LogP contribution in [0.5, 0.6) is 0 Å². The van der Waals surface area contributed by atoms with Gasteiger partial charge in [0.25, 0.3) is 0 Å². The fourth-order valence-electron chi connectivity index (χ4n) is 0.666. The van der Waals surface area contributed by atoms with Crippen molar-refractivity contribution in [3.63, 3.8) is 0 Å². The molecule has 1 atom stereocenters. The molecule has 0 aromatic heterocycles. The van der Waals surface area contributed by atoms with Crippen LogP contribution < -0.4 is 0 Å². The molecule has 62 valence electrons. The van der Waals surface area contributed by atoms with Crippen LogP contribution in [0.4, 0.5) is 0 Å². The number of hydrogen-bond donors (Lipinski definition) is 1. The number of rotatable bonds is 4. The van der Waals surface area contributed by atoms with E-state index in [0.29, 0.717) is 0 Å². The zero-order chi connectivity index (χ0) is 8.69. The fourth-order valence-corrected chi connectivity index (χ4v) is 0.666. The summed E-state index contributed by atoms with van der Waals surface area (Å²) in [6.45, 7) is 3.36. The Hall–Kier alpha value is -0.890. The van der Waals surface area contributed by atoms with E-state index in [9.17, 15) is 4.79 Å². The summed E-state index contributed by atoms with van der Waals surface area (Å²) in [5.74, 6) is 0.00243. The third-order valence-corrected chi connectivity index (χ3v) is 1.13. The van der Waals surface area contributed by atoms with E-state index in [2.05, 4.69) is 0 Å². The minimum Gasteiger partial charge on any atom is -0.389 e. The van der Waals surface area contributed by atoms with Gasteiger partial charge in [-0.15, -0.1) is 0 Å². The molecular formula is C9H14O2. The van der Waals surface area contributed by atoms with E-state index in [1.54, 1.807) is 12.2 Å². The summed E-state index contributed by atoms with van der Waals surface area (Å²) in [5, 5.41) is 9.10. The first-order valence-electron chi connectivity index (χ1n) is 3.63. The molecule has 0 heterocycles. The average Bonchev–Trinajstić information content (AvgIpc) is 1.86. The van der Waals surface area contributed by atoms with Crippen LogP contribution in [0.15, 0.2) is 24.3 Å². The first-order valence-corrected chi connectivity index (χ1v) is 3.63. The Bertz CT molecular complexity index is 168. The number of ketones is 1. The molecule has 0 aromatic rings. The monoisotopic (exact) mass is 154 g/mol. The quantitative estimate of drug-likeness (QED) is 0.622. The van der Waals surface area contributed by atoms with Gasteiger partial charge in [-0.3, -0.25) is 4.79 Å². The molecule has 0 fully saturated rings. The number of aliphatic hydroxyl groups is 1. The number of allylic oxidation sites excluding steroid dienone is 3. The summed E-state index contributed by atoms with van der Waals surface area (Å²) >= 11 is 0. The maximum absolute atomic E-state index is 10.5. The Morgan fingerprint density at radius 1 is 1.55 bits per heavy atom. The second-order valence-corrected chi connectivity index (χ2v) is 2.38. The van der Waals surface area contributed by atoms with Gasteiger partial charge in [-0.05, 0) is 13.8 Å². The predicted octanol–water partition coefficient (Wildman–Crippen LogP) is 1.46. The predicted molar refractivity (Wildman–Crippen MR) is 45.3 cm³/mol. The molecule has 0 aliphatic carbocycles. The maximum atomic E-state index is 10.5. The molecule has 11 heavy (non-hydrogen) atoms. The van der Waals surface area contributed by atoms with Gasteiger partial charge in [0.2, 0.25) is 0 Å². The van der Waals surface area contributed by atoms with Crippen LogP contribution in [-0.2, 0) is 4.79 Å². The van der Waals surface area contributed by atoms with Crippen LogP contribution in [0.1, 0.15) is 20.3 Å². The standard InChI is InChI=1S/C9H14O2/c1-3-4-5-6-9(11)7-8(2)10/h3-6,9,11H,7H2,1-2H3/b4-3+,6-5+. The van der Waals surface area contributed by atoms with Crippen LogP contribution in [0, 0.1) is 0 Å². The summed E-state index contributed by atoms with van der Waals surface area (Å²) in [6.07, 6.45) is 6.56. The summed E-state index contributed by atoms with van der Waals surface area (Å²) in [5.41, 5.74) is 0. The molecule has 0 saturated carbocycles. The Balaban J connectivity index is 3.67. The van der Waals surface area contributed by atoms with Gasteiger partial charge in [-0.1, -0.05) is 24.3 Å². The van der Waals surface area contributed by atoms with Gasteiger partial charge in [-0.2, -0.15) is 0 Å². The van der Waals surface area contributed by atoms with Gasteiger partial charge in [0.1, 0.15) is 5.78 Å². The van der Waals surface area contributed by atoms with Crippen LogP contribution in [0.25, 0.3) is 0 Å². The normalized spacial score (nSPS) is 14.5. The Labute approximate surface area is 67.2 Å². The van der Waals surface area contributed by atoms with Crippen molar-refractivity contribution < 1.29 is 9.90 Å². The Kier molecular flexibility index (Phi) is 5.39. The zero-order valence-electron chi connectivity index (χ0n) is 6.95. The van der Waals surface area contributed by atoms with Gasteiger partial charge in [0, 0.05) is 6.42 Å². The molecule has 2 nitrogen and oxygen atoms in total. The van der Waals surface area contributed by atoms with Gasteiger partial charge < -0.3 is 5.11 Å². The van der Waals surface area contributed by atoms with E-state index >= 15 is 0 Å². The molecule has 0 bridgehead atoms. The molecule has 0 aromatic carbocycles. The highest BCUT2D eigenvalue weighted by Crippen LogP contribution is 1.94. The zero-order valence-corrected chi connectivity index (χ0v) is 6.95. The van der Waals surface area contributed by atoms with Crippen molar-refractivity contribution in [2.24, 2.45) is 0 Å². The van der Waals surface area contributed by atoms with Crippen molar-refractivity contribution in [1.29, 1.82) is 0 Å². The highest BCUT2D eigenvalue weighted by Gasteiger charge is 2.00. The molecule has 0 aliphatic heterocycles. The van der Waals surface area contributed by atoms with E-state index in [4.69, 9.17) is 5.11 Å². The molecule has 2 heteroatoms. The van der Waals surface area contributed by atoms with Gasteiger partial charge in [-0.25, -0.2) is 0 Å². The molecule has 1 unspecified atom stereocenters. The molecule has 0 radical (unpaired) electrons. The van der Waals surface area contributed by atoms with Crippen LogP contribution in [0.2, 0.25) is 0 Å². The number of hydrogen-bond acceptors (Lipinski definition) is 2. The number of carbonyl (C=O) groups is 1. The summed E-state index contributed by atoms with van der Waals surface area (Å²) in [4.78, 5) is 10.5. The van der Waals surface area contributed by atoms with E-state index in [1.807, 2.05) is 19.1 Å². The molecule has 0 rings (SSSR count). The van der Waals surface area contributed by atoms with Crippen molar-refractivity contribution in [3.8, 4) is 0 Å². The van der Waals surface area contributed by atoms with E-state index in [-0.39, 0.29) is 12.2 Å². The first-order chi connectivity index (χ1) is 5.16.